The molecule has 18 heavy (non-hydrogen) atoms. The molecular weight excluding hydrogens is 234 g/mol. The highest BCUT2D eigenvalue weighted by molar-refractivity contribution is 5.99. The first-order valence-electron chi connectivity index (χ1n) is 5.55. The number of hydrogen-bond acceptors (Lipinski definition) is 3. The third-order valence-corrected chi connectivity index (χ3v) is 2.44. The number of nitrogens with one attached hydrogen (secondary N) is 2. The van der Waals surface area contributed by atoms with E-state index in [4.69, 9.17) is 5.11 Å². The number of nitrogens with zero attached hydrogens (tertiary/aromatic N) is 1. The molecule has 3 N–H and O–H groups in total. The number of aromatic carboxylic acids is 1. The predicted octanol–water partition coefficient (Wildman–Crippen LogP) is 1.07. The maximum Gasteiger partial charge on any atom is 0.337 e. The van der Waals surface area contributed by atoms with Gasteiger partial charge in [-0.3, -0.25) is 0 Å². The number of urea groups is 1. The van der Waals surface area contributed by atoms with E-state index in [1.165, 1.54) is 11.0 Å². The number of anilines is 1. The SMILES string of the molecule is CNCCN(C)C(=O)Nc1ccccc1C(=O)O. The second-order valence-corrected chi connectivity index (χ2v) is 3.81. The number of carbonyl (C=O) groups is 2. The Bertz CT molecular complexity index is 434. The van der Waals surface area contributed by atoms with Crippen molar-refractivity contribution >= 4 is 17.7 Å². The number of benzene rings is 1. The fourth-order valence-electron chi connectivity index (χ4n) is 1.37. The lowest BCUT2D eigenvalue weighted by molar-refractivity contribution is 0.0698. The van der Waals surface area contributed by atoms with Crippen molar-refractivity contribution in [1.82, 2.24) is 10.2 Å². The summed E-state index contributed by atoms with van der Waals surface area (Å²) in [5.41, 5.74) is 0.374. The molecule has 0 spiro atoms. The third-order valence-electron chi connectivity index (χ3n) is 2.44. The normalized spacial score (nSPS) is 9.89. The van der Waals surface area contributed by atoms with E-state index in [9.17, 15) is 9.59 Å². The maximum absolute atomic E-state index is 11.8. The summed E-state index contributed by atoms with van der Waals surface area (Å²) in [6.07, 6.45) is 0. The molecule has 2 amide bonds. The standard InChI is InChI=1S/C12H17N3O3/c1-13-7-8-15(2)12(18)14-10-6-4-3-5-9(10)11(16)17/h3-6,13H,7-8H2,1-2H3,(H,14,18)(H,16,17). The summed E-state index contributed by atoms with van der Waals surface area (Å²) in [4.78, 5) is 24.2. The summed E-state index contributed by atoms with van der Waals surface area (Å²) in [5, 5.41) is 14.5. The molecule has 0 aromatic heterocycles. The van der Waals surface area contributed by atoms with Crippen molar-refractivity contribution in [3.63, 3.8) is 0 Å². The van der Waals surface area contributed by atoms with Crippen molar-refractivity contribution in [3.8, 4) is 0 Å². The second kappa shape index (κ2) is 6.61. The molecule has 98 valence electrons. The van der Waals surface area contributed by atoms with Gasteiger partial charge in [-0.2, -0.15) is 0 Å². The number of para-hydroxylation sites is 1. The molecule has 0 radical (unpaired) electrons. The fourth-order valence-corrected chi connectivity index (χ4v) is 1.37. The average molecular weight is 251 g/mol. The van der Waals surface area contributed by atoms with Crippen LogP contribution in [0.3, 0.4) is 0 Å². The third kappa shape index (κ3) is 3.74. The van der Waals surface area contributed by atoms with Gasteiger partial charge >= 0.3 is 12.0 Å². The molecule has 1 rings (SSSR count). The van der Waals surface area contributed by atoms with Gasteiger partial charge in [-0.1, -0.05) is 12.1 Å². The Balaban J connectivity index is 2.72. The van der Waals surface area contributed by atoms with E-state index in [-0.39, 0.29) is 11.6 Å². The molecule has 0 saturated heterocycles. The van der Waals surface area contributed by atoms with Gasteiger partial charge < -0.3 is 20.6 Å². The average Bonchev–Trinajstić information content (AvgIpc) is 2.36. The molecule has 0 fully saturated rings. The van der Waals surface area contributed by atoms with Crippen LogP contribution in [0.15, 0.2) is 24.3 Å². The Kier molecular flexibility index (Phi) is 5.13. The van der Waals surface area contributed by atoms with E-state index in [1.54, 1.807) is 32.3 Å². The van der Waals surface area contributed by atoms with Gasteiger partial charge in [0.15, 0.2) is 0 Å². The lowest BCUT2D eigenvalue weighted by Crippen LogP contribution is -2.36. The Morgan fingerprint density at radius 2 is 2.00 bits per heavy atom. The molecule has 1 aromatic carbocycles. The number of rotatable bonds is 5. The van der Waals surface area contributed by atoms with Crippen LogP contribution < -0.4 is 10.6 Å². The highest BCUT2D eigenvalue weighted by Gasteiger charge is 2.13. The Morgan fingerprint density at radius 1 is 1.33 bits per heavy atom. The Hall–Kier alpha value is -2.08. The van der Waals surface area contributed by atoms with E-state index in [0.717, 1.165) is 0 Å². The summed E-state index contributed by atoms with van der Waals surface area (Å²) in [5.74, 6) is -1.07. The molecule has 0 atom stereocenters. The monoisotopic (exact) mass is 251 g/mol. The number of carboxylic acids is 1. The van der Waals surface area contributed by atoms with Crippen molar-refractivity contribution in [3.05, 3.63) is 29.8 Å². The largest absolute Gasteiger partial charge is 0.478 e. The van der Waals surface area contributed by atoms with E-state index in [0.29, 0.717) is 18.8 Å². The summed E-state index contributed by atoms with van der Waals surface area (Å²) >= 11 is 0. The van der Waals surface area contributed by atoms with Gasteiger partial charge in [-0.05, 0) is 19.2 Å². The summed E-state index contributed by atoms with van der Waals surface area (Å²) < 4.78 is 0. The quantitative estimate of drug-likeness (QED) is 0.731. The number of likely N-dealkylation sites (N-methyl/N-ethyl adjacent to an activating group) is 2. The van der Waals surface area contributed by atoms with Crippen molar-refractivity contribution < 1.29 is 14.7 Å². The van der Waals surface area contributed by atoms with Gasteiger partial charge in [-0.15, -0.1) is 0 Å². The Labute approximate surface area is 106 Å². The molecule has 6 heteroatoms. The zero-order valence-corrected chi connectivity index (χ0v) is 10.4. The predicted molar refractivity (Wildman–Crippen MR) is 69.0 cm³/mol. The van der Waals surface area contributed by atoms with Gasteiger partial charge in [0, 0.05) is 20.1 Å². The molecule has 0 heterocycles. The summed E-state index contributed by atoms with van der Waals surface area (Å²) in [7, 11) is 3.45. The molecule has 0 aliphatic carbocycles. The Morgan fingerprint density at radius 3 is 2.61 bits per heavy atom. The molecule has 0 aliphatic heterocycles. The zero-order chi connectivity index (χ0) is 13.5. The van der Waals surface area contributed by atoms with Crippen LogP contribution in [0.4, 0.5) is 10.5 Å². The molecule has 1 aromatic rings. The van der Waals surface area contributed by atoms with E-state index in [2.05, 4.69) is 10.6 Å². The minimum absolute atomic E-state index is 0.0767. The smallest absolute Gasteiger partial charge is 0.337 e. The molecule has 0 aliphatic rings. The molecule has 0 unspecified atom stereocenters. The van der Waals surface area contributed by atoms with Crippen LogP contribution in [-0.4, -0.2) is 49.2 Å². The van der Waals surface area contributed by atoms with Gasteiger partial charge in [-0.25, -0.2) is 9.59 Å². The summed E-state index contributed by atoms with van der Waals surface area (Å²) in [6, 6.07) is 5.97. The molecular formula is C12H17N3O3. The van der Waals surface area contributed by atoms with Crippen molar-refractivity contribution in [2.75, 3.05) is 32.5 Å². The number of hydrogen-bond donors (Lipinski definition) is 3. The highest BCUT2D eigenvalue weighted by atomic mass is 16.4. The lowest BCUT2D eigenvalue weighted by atomic mass is 10.2. The van der Waals surface area contributed by atoms with Crippen LogP contribution in [0.1, 0.15) is 10.4 Å². The van der Waals surface area contributed by atoms with Crippen molar-refractivity contribution in [1.29, 1.82) is 0 Å². The van der Waals surface area contributed by atoms with Crippen molar-refractivity contribution in [2.45, 2.75) is 0 Å². The van der Waals surface area contributed by atoms with Gasteiger partial charge in [0.05, 0.1) is 11.3 Å². The number of amides is 2. The minimum Gasteiger partial charge on any atom is -0.478 e. The van der Waals surface area contributed by atoms with E-state index in [1.807, 2.05) is 0 Å². The van der Waals surface area contributed by atoms with Crippen LogP contribution >= 0.6 is 0 Å². The van der Waals surface area contributed by atoms with Gasteiger partial charge in [0.1, 0.15) is 0 Å². The highest BCUT2D eigenvalue weighted by Crippen LogP contribution is 2.15. The van der Waals surface area contributed by atoms with Crippen LogP contribution in [0, 0.1) is 0 Å². The fraction of sp³-hybridized carbons (Fsp3) is 0.333. The van der Waals surface area contributed by atoms with Crippen molar-refractivity contribution in [2.24, 2.45) is 0 Å². The summed E-state index contributed by atoms with van der Waals surface area (Å²) in [6.45, 7) is 1.21. The van der Waals surface area contributed by atoms with Crippen LogP contribution in [-0.2, 0) is 0 Å². The zero-order valence-electron chi connectivity index (χ0n) is 10.4. The molecule has 0 saturated carbocycles. The molecule has 0 bridgehead atoms. The molecule has 6 nitrogen and oxygen atoms in total. The minimum atomic E-state index is -1.07. The first-order valence-corrected chi connectivity index (χ1v) is 5.55. The number of carboxylic acid groups (broad SMARTS) is 1. The van der Waals surface area contributed by atoms with E-state index < -0.39 is 5.97 Å². The first kappa shape index (κ1) is 14.0. The van der Waals surface area contributed by atoms with Gasteiger partial charge in [0.25, 0.3) is 0 Å². The van der Waals surface area contributed by atoms with Gasteiger partial charge in [0.2, 0.25) is 0 Å². The number of carbonyl (C=O) groups excluding carboxylic acids is 1. The second-order valence-electron chi connectivity index (χ2n) is 3.81. The lowest BCUT2D eigenvalue weighted by Gasteiger charge is -2.18. The van der Waals surface area contributed by atoms with Crippen LogP contribution in [0.25, 0.3) is 0 Å². The topological polar surface area (TPSA) is 81.7 Å². The maximum atomic E-state index is 11.8. The van der Waals surface area contributed by atoms with Crippen LogP contribution in [0.2, 0.25) is 0 Å². The first-order chi connectivity index (χ1) is 8.56. The van der Waals surface area contributed by atoms with E-state index >= 15 is 0 Å². The van der Waals surface area contributed by atoms with Crippen LogP contribution in [0.5, 0.6) is 0 Å².